The van der Waals surface area contributed by atoms with E-state index in [0.29, 0.717) is 18.2 Å². The van der Waals surface area contributed by atoms with Gasteiger partial charge in [-0.15, -0.1) is 11.3 Å². The lowest BCUT2D eigenvalue weighted by atomic mass is 9.97. The number of fused-ring (bicyclic) bond motifs is 1. The summed E-state index contributed by atoms with van der Waals surface area (Å²) in [5.41, 5.74) is 3.31. The fraction of sp³-hybridized carbons (Fsp3) is 0.400. The second-order valence-electron chi connectivity index (χ2n) is 7.17. The number of hydrogen-bond acceptors (Lipinski definition) is 5. The van der Waals surface area contributed by atoms with E-state index in [9.17, 15) is 9.59 Å². The topological polar surface area (TPSA) is 61.9 Å². The lowest BCUT2D eigenvalue weighted by Crippen LogP contribution is -2.39. The standard InChI is InChI=1S/C20H23N3O3S/c1-22-8-6-14-11-15(4-5-16(14)12-22)19(24)23-9-7-17(13-23)21-20(25)26-18-3-2-10-27-18/h2-5,10-11,17H,6-9,12-13H2,1H3,(H,21,25)/t17-/m1/s1. The van der Waals surface area contributed by atoms with Gasteiger partial charge in [-0.3, -0.25) is 4.79 Å². The molecule has 2 aliphatic rings. The number of likely N-dealkylation sites (tertiary alicyclic amines) is 1. The van der Waals surface area contributed by atoms with Crippen molar-refractivity contribution >= 4 is 23.3 Å². The Morgan fingerprint density at radius 1 is 1.22 bits per heavy atom. The van der Waals surface area contributed by atoms with Gasteiger partial charge in [-0.05, 0) is 60.7 Å². The third-order valence-corrected chi connectivity index (χ3v) is 5.89. The van der Waals surface area contributed by atoms with Crippen molar-refractivity contribution in [1.82, 2.24) is 15.1 Å². The van der Waals surface area contributed by atoms with E-state index in [0.717, 1.165) is 31.5 Å². The molecule has 7 heteroatoms. The van der Waals surface area contributed by atoms with Gasteiger partial charge < -0.3 is 19.9 Å². The predicted octanol–water partition coefficient (Wildman–Crippen LogP) is 2.74. The summed E-state index contributed by atoms with van der Waals surface area (Å²) in [4.78, 5) is 28.9. The summed E-state index contributed by atoms with van der Waals surface area (Å²) in [6.07, 6.45) is 1.25. The van der Waals surface area contributed by atoms with Crippen molar-refractivity contribution in [3.05, 3.63) is 52.4 Å². The highest BCUT2D eigenvalue weighted by atomic mass is 32.1. The molecule has 1 aromatic carbocycles. The first-order valence-corrected chi connectivity index (χ1v) is 10.1. The van der Waals surface area contributed by atoms with Gasteiger partial charge in [-0.2, -0.15) is 0 Å². The number of nitrogens with zero attached hydrogens (tertiary/aromatic N) is 2. The summed E-state index contributed by atoms with van der Waals surface area (Å²) in [7, 11) is 2.11. The van der Waals surface area contributed by atoms with Crippen molar-refractivity contribution in [2.24, 2.45) is 0 Å². The van der Waals surface area contributed by atoms with Crippen molar-refractivity contribution in [3.8, 4) is 5.06 Å². The van der Waals surface area contributed by atoms with Crippen LogP contribution in [-0.2, 0) is 13.0 Å². The fourth-order valence-electron chi connectivity index (χ4n) is 3.68. The smallest absolute Gasteiger partial charge is 0.399 e. The Kier molecular flexibility index (Phi) is 5.13. The zero-order chi connectivity index (χ0) is 18.8. The molecule has 1 N–H and O–H groups in total. The number of benzene rings is 1. The number of thiophene rings is 1. The molecule has 2 aliphatic heterocycles. The van der Waals surface area contributed by atoms with E-state index in [-0.39, 0.29) is 11.9 Å². The average molecular weight is 385 g/mol. The third kappa shape index (κ3) is 4.14. The molecule has 0 saturated carbocycles. The van der Waals surface area contributed by atoms with E-state index in [1.54, 1.807) is 6.07 Å². The van der Waals surface area contributed by atoms with Gasteiger partial charge in [0.15, 0.2) is 5.06 Å². The Morgan fingerprint density at radius 2 is 2.11 bits per heavy atom. The highest BCUT2D eigenvalue weighted by Crippen LogP contribution is 2.22. The van der Waals surface area contributed by atoms with Crippen molar-refractivity contribution in [2.45, 2.75) is 25.4 Å². The molecular formula is C20H23N3O3S. The van der Waals surface area contributed by atoms with Crippen molar-refractivity contribution in [2.75, 3.05) is 26.7 Å². The molecular weight excluding hydrogens is 362 g/mol. The molecule has 142 valence electrons. The minimum atomic E-state index is -0.463. The van der Waals surface area contributed by atoms with Gasteiger partial charge in [-0.25, -0.2) is 4.79 Å². The van der Waals surface area contributed by atoms with E-state index >= 15 is 0 Å². The normalized spacial score (nSPS) is 19.6. The van der Waals surface area contributed by atoms with Crippen molar-refractivity contribution < 1.29 is 14.3 Å². The van der Waals surface area contributed by atoms with Crippen LogP contribution in [0.2, 0.25) is 0 Å². The van der Waals surface area contributed by atoms with Gasteiger partial charge in [0.25, 0.3) is 5.91 Å². The first-order valence-electron chi connectivity index (χ1n) is 9.20. The first-order chi connectivity index (χ1) is 13.1. The van der Waals surface area contributed by atoms with Gasteiger partial charge in [0, 0.05) is 31.7 Å². The molecule has 1 fully saturated rings. The largest absolute Gasteiger partial charge is 0.413 e. The lowest BCUT2D eigenvalue weighted by Gasteiger charge is -2.25. The van der Waals surface area contributed by atoms with E-state index in [4.69, 9.17) is 4.74 Å². The highest BCUT2D eigenvalue weighted by molar-refractivity contribution is 7.11. The molecule has 3 heterocycles. The average Bonchev–Trinajstić information content (AvgIpc) is 3.32. The number of rotatable bonds is 3. The van der Waals surface area contributed by atoms with Gasteiger partial charge in [-0.1, -0.05) is 6.07 Å². The Balaban J connectivity index is 1.34. The molecule has 4 rings (SSSR count). The second-order valence-corrected chi connectivity index (χ2v) is 8.08. The SMILES string of the molecule is CN1CCc2cc(C(=O)N3CC[C@@H](NC(=O)Oc4cccs4)C3)ccc2C1. The van der Waals surface area contributed by atoms with E-state index in [1.165, 1.54) is 22.5 Å². The van der Waals surface area contributed by atoms with Crippen molar-refractivity contribution in [3.63, 3.8) is 0 Å². The summed E-state index contributed by atoms with van der Waals surface area (Å²) < 4.78 is 5.23. The first kappa shape index (κ1) is 18.0. The summed E-state index contributed by atoms with van der Waals surface area (Å²) >= 11 is 1.37. The molecule has 1 saturated heterocycles. The Labute approximate surface area is 162 Å². The monoisotopic (exact) mass is 385 g/mol. The molecule has 27 heavy (non-hydrogen) atoms. The van der Waals surface area contributed by atoms with Gasteiger partial charge in [0.2, 0.25) is 0 Å². The molecule has 0 spiro atoms. The second kappa shape index (κ2) is 7.70. The van der Waals surface area contributed by atoms with Crippen LogP contribution in [0, 0.1) is 0 Å². The van der Waals surface area contributed by atoms with Crippen LogP contribution in [0.1, 0.15) is 27.9 Å². The number of likely N-dealkylation sites (N-methyl/N-ethyl adjacent to an activating group) is 1. The quantitative estimate of drug-likeness (QED) is 0.883. The van der Waals surface area contributed by atoms with Crippen LogP contribution in [0.3, 0.4) is 0 Å². The molecule has 1 aromatic heterocycles. The maximum atomic E-state index is 12.9. The molecule has 6 nitrogen and oxygen atoms in total. The predicted molar refractivity (Wildman–Crippen MR) is 104 cm³/mol. The summed E-state index contributed by atoms with van der Waals surface area (Å²) in [5.74, 6) is 0.0349. The van der Waals surface area contributed by atoms with Crippen LogP contribution < -0.4 is 10.1 Å². The molecule has 2 aromatic rings. The van der Waals surface area contributed by atoms with Gasteiger partial charge in [0.05, 0.1) is 6.04 Å². The maximum absolute atomic E-state index is 12.9. The maximum Gasteiger partial charge on any atom is 0.413 e. The zero-order valence-electron chi connectivity index (χ0n) is 15.3. The number of hydrogen-bond donors (Lipinski definition) is 1. The fourth-order valence-corrected chi connectivity index (χ4v) is 4.25. The van der Waals surface area contributed by atoms with Gasteiger partial charge in [0.1, 0.15) is 0 Å². The van der Waals surface area contributed by atoms with E-state index in [2.05, 4.69) is 23.3 Å². The van der Waals surface area contributed by atoms with Crippen LogP contribution in [0.4, 0.5) is 4.79 Å². The Morgan fingerprint density at radius 3 is 2.93 bits per heavy atom. The molecule has 1 atom stereocenters. The van der Waals surface area contributed by atoms with Crippen molar-refractivity contribution in [1.29, 1.82) is 0 Å². The summed E-state index contributed by atoms with van der Waals surface area (Å²) in [6.45, 7) is 3.11. The highest BCUT2D eigenvalue weighted by Gasteiger charge is 2.29. The minimum absolute atomic E-state index is 0.0349. The lowest BCUT2D eigenvalue weighted by molar-refractivity contribution is 0.0788. The Hall–Kier alpha value is -2.38. The third-order valence-electron chi connectivity index (χ3n) is 5.14. The summed E-state index contributed by atoms with van der Waals surface area (Å²) in [6, 6.07) is 9.54. The van der Waals surface area contributed by atoms with Crippen LogP contribution in [0.25, 0.3) is 0 Å². The number of carbonyl (C=O) groups is 2. The van der Waals surface area contributed by atoms with Crippen LogP contribution >= 0.6 is 11.3 Å². The molecule has 0 aliphatic carbocycles. The van der Waals surface area contributed by atoms with Crippen LogP contribution in [0.15, 0.2) is 35.7 Å². The van der Waals surface area contributed by atoms with E-state index < -0.39 is 6.09 Å². The Bertz CT molecular complexity index is 837. The zero-order valence-corrected chi connectivity index (χ0v) is 16.1. The summed E-state index contributed by atoms with van der Waals surface area (Å²) in [5, 5.41) is 5.28. The molecule has 0 bridgehead atoms. The molecule has 0 radical (unpaired) electrons. The van der Waals surface area contributed by atoms with Crippen LogP contribution in [-0.4, -0.2) is 54.5 Å². The van der Waals surface area contributed by atoms with Crippen LogP contribution in [0.5, 0.6) is 5.06 Å². The van der Waals surface area contributed by atoms with Gasteiger partial charge >= 0.3 is 6.09 Å². The number of amides is 2. The number of ether oxygens (including phenoxy) is 1. The number of carbonyl (C=O) groups excluding carboxylic acids is 2. The van der Waals surface area contributed by atoms with E-state index in [1.807, 2.05) is 28.5 Å². The minimum Gasteiger partial charge on any atom is -0.399 e. The number of nitrogens with one attached hydrogen (secondary N) is 1. The molecule has 0 unspecified atom stereocenters. The molecule has 2 amide bonds.